The third-order valence-electron chi connectivity index (χ3n) is 3.22. The maximum atomic E-state index is 12.6. The topological polar surface area (TPSA) is 76.1 Å². The summed E-state index contributed by atoms with van der Waals surface area (Å²) in [4.78, 5) is 25.8. The second-order valence-electron chi connectivity index (χ2n) is 5.02. The first-order valence-electron chi connectivity index (χ1n) is 7.30. The highest BCUT2D eigenvalue weighted by atomic mass is 79.9. The Morgan fingerprint density at radius 1 is 1.26 bits per heavy atom. The fourth-order valence-electron chi connectivity index (χ4n) is 2.00. The monoisotopic (exact) mass is 387 g/mol. The lowest BCUT2D eigenvalue weighted by Crippen LogP contribution is -2.39. The van der Waals surface area contributed by atoms with Crippen molar-refractivity contribution in [3.05, 3.63) is 34.3 Å². The molecule has 128 valence electrons. The molecule has 0 aliphatic heterocycles. The number of benzene rings is 1. The second kappa shape index (κ2) is 10.4. The minimum Gasteiger partial charge on any atom is -0.469 e. The molecule has 1 N–H and O–H groups in total. The molecule has 0 saturated carbocycles. The third kappa shape index (κ3) is 6.68. The van der Waals surface area contributed by atoms with E-state index in [1.165, 1.54) is 7.11 Å². The number of rotatable bonds is 9. The Hall–Kier alpha value is -1.44. The molecule has 23 heavy (non-hydrogen) atoms. The van der Waals surface area contributed by atoms with Crippen molar-refractivity contribution in [3.8, 4) is 0 Å². The van der Waals surface area contributed by atoms with Gasteiger partial charge in [-0.05, 0) is 24.3 Å². The van der Waals surface area contributed by atoms with Crippen molar-refractivity contribution in [1.82, 2.24) is 4.90 Å². The van der Waals surface area contributed by atoms with Crippen LogP contribution in [0.3, 0.4) is 0 Å². The van der Waals surface area contributed by atoms with Gasteiger partial charge in [-0.2, -0.15) is 0 Å². The molecule has 0 spiro atoms. The number of methoxy groups -OCH3 is 1. The molecule has 7 heteroatoms. The van der Waals surface area contributed by atoms with Crippen molar-refractivity contribution in [1.29, 1.82) is 0 Å². The van der Waals surface area contributed by atoms with Gasteiger partial charge >= 0.3 is 5.97 Å². The van der Waals surface area contributed by atoms with Gasteiger partial charge in [-0.1, -0.05) is 22.9 Å². The lowest BCUT2D eigenvalue weighted by molar-refractivity contribution is -0.145. The number of esters is 1. The highest BCUT2D eigenvalue weighted by molar-refractivity contribution is 9.10. The largest absolute Gasteiger partial charge is 0.469 e. The second-order valence-corrected chi connectivity index (χ2v) is 5.93. The summed E-state index contributed by atoms with van der Waals surface area (Å²) in [6.45, 7) is 2.71. The van der Waals surface area contributed by atoms with E-state index in [4.69, 9.17) is 14.6 Å². The summed E-state index contributed by atoms with van der Waals surface area (Å²) in [7, 11) is 1.32. The van der Waals surface area contributed by atoms with Crippen molar-refractivity contribution in [2.45, 2.75) is 6.92 Å². The molecule has 0 heterocycles. The van der Waals surface area contributed by atoms with Gasteiger partial charge < -0.3 is 19.5 Å². The molecular formula is C16H22BrNO5. The Bertz CT molecular complexity index is 506. The minimum atomic E-state index is -0.433. The van der Waals surface area contributed by atoms with Crippen molar-refractivity contribution >= 4 is 27.8 Å². The third-order valence-corrected chi connectivity index (χ3v) is 3.75. The number of ether oxygens (including phenoxy) is 2. The molecule has 1 aromatic rings. The fraction of sp³-hybridized carbons (Fsp3) is 0.500. The van der Waals surface area contributed by atoms with Gasteiger partial charge in [0.1, 0.15) is 0 Å². The molecule has 0 aromatic heterocycles. The van der Waals surface area contributed by atoms with E-state index in [-0.39, 0.29) is 38.2 Å². The van der Waals surface area contributed by atoms with Crippen LogP contribution < -0.4 is 0 Å². The van der Waals surface area contributed by atoms with Crippen LogP contribution in [0.1, 0.15) is 17.3 Å². The number of halogens is 1. The van der Waals surface area contributed by atoms with Crippen LogP contribution in [-0.2, 0) is 14.3 Å². The Morgan fingerprint density at radius 3 is 2.48 bits per heavy atom. The van der Waals surface area contributed by atoms with Crippen LogP contribution in [0.5, 0.6) is 0 Å². The van der Waals surface area contributed by atoms with E-state index in [2.05, 4.69) is 15.9 Å². The van der Waals surface area contributed by atoms with Crippen LogP contribution in [0, 0.1) is 5.92 Å². The van der Waals surface area contributed by atoms with E-state index in [9.17, 15) is 9.59 Å². The molecule has 0 fully saturated rings. The first-order chi connectivity index (χ1) is 11.0. The summed E-state index contributed by atoms with van der Waals surface area (Å²) in [6.07, 6.45) is 0. The van der Waals surface area contributed by atoms with Gasteiger partial charge in [0.2, 0.25) is 0 Å². The smallest absolute Gasteiger partial charge is 0.310 e. The zero-order valence-electron chi connectivity index (χ0n) is 13.3. The quantitative estimate of drug-likeness (QED) is 0.515. The Labute approximate surface area is 144 Å². The van der Waals surface area contributed by atoms with E-state index in [0.29, 0.717) is 12.1 Å². The van der Waals surface area contributed by atoms with Crippen LogP contribution in [-0.4, -0.2) is 61.9 Å². The summed E-state index contributed by atoms with van der Waals surface area (Å²) >= 11 is 3.33. The van der Waals surface area contributed by atoms with Crippen molar-refractivity contribution < 1.29 is 24.2 Å². The first-order valence-corrected chi connectivity index (χ1v) is 8.10. The minimum absolute atomic E-state index is 0.0702. The molecule has 0 saturated heterocycles. The molecule has 1 amide bonds. The SMILES string of the molecule is COC(=O)C(C)CN(CCOCCO)C(=O)c1ccc(Br)cc1. The summed E-state index contributed by atoms with van der Waals surface area (Å²) < 4.78 is 10.8. The van der Waals surface area contributed by atoms with Crippen molar-refractivity contribution in [2.24, 2.45) is 5.92 Å². The number of carbonyl (C=O) groups excluding carboxylic acids is 2. The fourth-order valence-corrected chi connectivity index (χ4v) is 2.26. The number of aliphatic hydroxyl groups is 1. The zero-order valence-corrected chi connectivity index (χ0v) is 14.9. The number of aliphatic hydroxyl groups excluding tert-OH is 1. The van der Waals surface area contributed by atoms with Gasteiger partial charge in [-0.3, -0.25) is 9.59 Å². The molecule has 0 bridgehead atoms. The molecule has 1 rings (SSSR count). The van der Waals surface area contributed by atoms with Gasteiger partial charge in [0.25, 0.3) is 5.91 Å². The Kier molecular flexibility index (Phi) is 8.83. The van der Waals surface area contributed by atoms with Gasteiger partial charge in [0.15, 0.2) is 0 Å². The highest BCUT2D eigenvalue weighted by Crippen LogP contribution is 2.13. The maximum absolute atomic E-state index is 12.6. The van der Waals surface area contributed by atoms with Gasteiger partial charge in [0, 0.05) is 23.1 Å². The highest BCUT2D eigenvalue weighted by Gasteiger charge is 2.22. The van der Waals surface area contributed by atoms with Crippen molar-refractivity contribution in [2.75, 3.05) is 40.0 Å². The molecule has 0 aliphatic rings. The normalized spacial score (nSPS) is 11.8. The first kappa shape index (κ1) is 19.6. The number of amides is 1. The predicted molar refractivity (Wildman–Crippen MR) is 89.1 cm³/mol. The van der Waals surface area contributed by atoms with Crippen LogP contribution >= 0.6 is 15.9 Å². The van der Waals surface area contributed by atoms with E-state index in [0.717, 1.165) is 4.47 Å². The summed E-state index contributed by atoms with van der Waals surface area (Å²) in [6, 6.07) is 7.02. The summed E-state index contributed by atoms with van der Waals surface area (Å²) in [5, 5.41) is 8.72. The standard InChI is InChI=1S/C16H22BrNO5/c1-12(16(21)22-2)11-18(7-9-23-10-8-19)15(20)13-3-5-14(17)6-4-13/h3-6,12,19H,7-11H2,1-2H3. The Morgan fingerprint density at radius 2 is 1.91 bits per heavy atom. The van der Waals surface area contributed by atoms with Crippen LogP contribution in [0.15, 0.2) is 28.7 Å². The Balaban J connectivity index is 2.77. The summed E-state index contributed by atoms with van der Waals surface area (Å²) in [5.41, 5.74) is 0.535. The molecule has 0 aliphatic carbocycles. The molecule has 0 radical (unpaired) electrons. The molecule has 6 nitrogen and oxygen atoms in total. The number of hydrogen-bond acceptors (Lipinski definition) is 5. The van der Waals surface area contributed by atoms with E-state index in [1.54, 1.807) is 36.1 Å². The lowest BCUT2D eigenvalue weighted by atomic mass is 10.1. The van der Waals surface area contributed by atoms with Crippen molar-refractivity contribution in [3.63, 3.8) is 0 Å². The molecular weight excluding hydrogens is 366 g/mol. The van der Waals surface area contributed by atoms with Crippen LogP contribution in [0.2, 0.25) is 0 Å². The average Bonchev–Trinajstić information content (AvgIpc) is 2.56. The van der Waals surface area contributed by atoms with Crippen LogP contribution in [0.4, 0.5) is 0 Å². The lowest BCUT2D eigenvalue weighted by Gasteiger charge is -2.25. The van der Waals surface area contributed by atoms with E-state index >= 15 is 0 Å². The van der Waals surface area contributed by atoms with E-state index in [1.807, 2.05) is 0 Å². The number of hydrogen-bond donors (Lipinski definition) is 1. The number of carbonyl (C=O) groups is 2. The predicted octanol–water partition coefficient (Wildman–Crippen LogP) is 1.71. The molecule has 1 atom stereocenters. The van der Waals surface area contributed by atoms with Gasteiger partial charge in [-0.15, -0.1) is 0 Å². The zero-order chi connectivity index (χ0) is 17.2. The average molecular weight is 388 g/mol. The molecule has 1 aromatic carbocycles. The maximum Gasteiger partial charge on any atom is 0.310 e. The summed E-state index contributed by atoms with van der Waals surface area (Å²) in [5.74, 6) is -0.979. The van der Waals surface area contributed by atoms with E-state index < -0.39 is 5.92 Å². The number of nitrogens with zero attached hydrogens (tertiary/aromatic N) is 1. The van der Waals surface area contributed by atoms with Crippen LogP contribution in [0.25, 0.3) is 0 Å². The van der Waals surface area contributed by atoms with Gasteiger partial charge in [0.05, 0.1) is 32.8 Å². The molecule has 1 unspecified atom stereocenters. The van der Waals surface area contributed by atoms with Gasteiger partial charge in [-0.25, -0.2) is 0 Å².